The Labute approximate surface area is 114 Å². The van der Waals surface area contributed by atoms with Gasteiger partial charge in [0, 0.05) is 19.6 Å². The molecule has 0 aliphatic carbocycles. The maximum absolute atomic E-state index is 11.5. The predicted octanol–water partition coefficient (Wildman–Crippen LogP) is 1.69. The quantitative estimate of drug-likeness (QED) is 0.188. The zero-order chi connectivity index (χ0) is 14.3. The fourth-order valence-electron chi connectivity index (χ4n) is 1.33. The van der Waals surface area contributed by atoms with Gasteiger partial charge in [-0.2, -0.15) is 0 Å². The molecular formula is C14H22O5. The Bertz CT molecular complexity index is 297. The third kappa shape index (κ3) is 11.4. The van der Waals surface area contributed by atoms with Crippen molar-refractivity contribution in [2.45, 2.75) is 45.8 Å². The molecule has 0 heterocycles. The molecule has 0 spiro atoms. The molecule has 0 aromatic carbocycles. The van der Waals surface area contributed by atoms with Crippen molar-refractivity contribution < 1.29 is 23.8 Å². The van der Waals surface area contributed by atoms with Crippen LogP contribution in [0.15, 0.2) is 0 Å². The van der Waals surface area contributed by atoms with E-state index in [0.29, 0.717) is 32.7 Å². The van der Waals surface area contributed by atoms with Gasteiger partial charge < -0.3 is 14.2 Å². The number of hydrogen-bond acceptors (Lipinski definition) is 5. The molecule has 0 rings (SSSR count). The van der Waals surface area contributed by atoms with Gasteiger partial charge in [0.15, 0.2) is 0 Å². The number of unbranched alkanes of at least 4 members (excludes halogenated alkanes) is 2. The molecule has 108 valence electrons. The number of Topliss-reactive ketones (excluding diaryl/α,β-unsaturated/α-hetero) is 1. The van der Waals surface area contributed by atoms with Crippen molar-refractivity contribution in [3.8, 4) is 11.8 Å². The van der Waals surface area contributed by atoms with Gasteiger partial charge in [0.05, 0.1) is 6.61 Å². The minimum Gasteiger partial charge on any atom is -0.468 e. The third-order valence-corrected chi connectivity index (χ3v) is 2.20. The van der Waals surface area contributed by atoms with E-state index in [2.05, 4.69) is 16.6 Å². The normalized spacial score (nSPS) is 9.84. The lowest BCUT2D eigenvalue weighted by Crippen LogP contribution is -2.15. The molecule has 0 aliphatic heterocycles. The zero-order valence-electron chi connectivity index (χ0n) is 11.6. The van der Waals surface area contributed by atoms with Crippen LogP contribution in [0, 0.1) is 11.8 Å². The SMILES string of the molecule is CCOC(C#CC(=O)CCCCCOC=O)OCC. The highest BCUT2D eigenvalue weighted by Crippen LogP contribution is 2.00. The van der Waals surface area contributed by atoms with Gasteiger partial charge in [-0.05, 0) is 45.0 Å². The molecule has 0 saturated heterocycles. The van der Waals surface area contributed by atoms with E-state index in [1.165, 1.54) is 0 Å². The van der Waals surface area contributed by atoms with Crippen molar-refractivity contribution in [2.24, 2.45) is 0 Å². The smallest absolute Gasteiger partial charge is 0.293 e. The van der Waals surface area contributed by atoms with Crippen LogP contribution in [0.1, 0.15) is 39.5 Å². The molecule has 0 unspecified atom stereocenters. The van der Waals surface area contributed by atoms with E-state index < -0.39 is 6.29 Å². The van der Waals surface area contributed by atoms with Crippen molar-refractivity contribution in [2.75, 3.05) is 19.8 Å². The maximum atomic E-state index is 11.5. The Hall–Kier alpha value is -1.38. The lowest BCUT2D eigenvalue weighted by atomic mass is 10.1. The first-order valence-electron chi connectivity index (χ1n) is 6.57. The number of carbonyl (C=O) groups is 2. The average Bonchev–Trinajstić information content (AvgIpc) is 2.40. The lowest BCUT2D eigenvalue weighted by molar-refractivity contribution is -0.128. The summed E-state index contributed by atoms with van der Waals surface area (Å²) in [7, 11) is 0. The molecule has 0 aromatic heterocycles. The molecule has 5 nitrogen and oxygen atoms in total. The fraction of sp³-hybridized carbons (Fsp3) is 0.714. The van der Waals surface area contributed by atoms with Crippen molar-refractivity contribution in [1.29, 1.82) is 0 Å². The summed E-state index contributed by atoms with van der Waals surface area (Å²) < 4.78 is 15.0. The van der Waals surface area contributed by atoms with Gasteiger partial charge in [-0.1, -0.05) is 0 Å². The number of rotatable bonds is 11. The predicted molar refractivity (Wildman–Crippen MR) is 70.3 cm³/mol. The van der Waals surface area contributed by atoms with Gasteiger partial charge in [-0.25, -0.2) is 0 Å². The summed E-state index contributed by atoms with van der Waals surface area (Å²) in [4.78, 5) is 21.4. The van der Waals surface area contributed by atoms with E-state index in [1.54, 1.807) is 0 Å². The molecule has 19 heavy (non-hydrogen) atoms. The zero-order valence-corrected chi connectivity index (χ0v) is 11.6. The van der Waals surface area contributed by atoms with E-state index >= 15 is 0 Å². The highest BCUT2D eigenvalue weighted by molar-refractivity contribution is 5.95. The first-order valence-corrected chi connectivity index (χ1v) is 6.57. The second-order valence-electron chi connectivity index (χ2n) is 3.71. The first kappa shape index (κ1) is 17.6. The fourth-order valence-corrected chi connectivity index (χ4v) is 1.33. The summed E-state index contributed by atoms with van der Waals surface area (Å²) in [5.41, 5.74) is 0. The van der Waals surface area contributed by atoms with Crippen LogP contribution in [-0.2, 0) is 23.8 Å². The third-order valence-electron chi connectivity index (χ3n) is 2.20. The summed E-state index contributed by atoms with van der Waals surface area (Å²) in [5, 5.41) is 0. The second kappa shape index (κ2) is 13.1. The van der Waals surface area contributed by atoms with Crippen LogP contribution in [-0.4, -0.2) is 38.4 Å². The largest absolute Gasteiger partial charge is 0.468 e. The molecule has 0 amide bonds. The maximum Gasteiger partial charge on any atom is 0.293 e. The molecule has 0 aromatic rings. The van der Waals surface area contributed by atoms with Crippen molar-refractivity contribution >= 4 is 12.3 Å². The number of ketones is 1. The lowest BCUT2D eigenvalue weighted by Gasteiger charge is -2.09. The summed E-state index contributed by atoms with van der Waals surface area (Å²) in [6.45, 7) is 5.50. The highest BCUT2D eigenvalue weighted by Gasteiger charge is 2.03. The molecule has 0 saturated carbocycles. The Balaban J connectivity index is 3.79. The minimum atomic E-state index is -0.625. The molecule has 0 atom stereocenters. The highest BCUT2D eigenvalue weighted by atomic mass is 16.7. The van der Waals surface area contributed by atoms with Crippen LogP contribution in [0.3, 0.4) is 0 Å². The number of hydrogen-bond donors (Lipinski definition) is 0. The summed E-state index contributed by atoms with van der Waals surface area (Å²) >= 11 is 0. The molecule has 5 heteroatoms. The second-order valence-corrected chi connectivity index (χ2v) is 3.71. The molecule has 0 fully saturated rings. The van der Waals surface area contributed by atoms with E-state index in [0.717, 1.165) is 19.3 Å². The Morgan fingerprint density at radius 2 is 1.84 bits per heavy atom. The molecular weight excluding hydrogens is 248 g/mol. The number of carbonyl (C=O) groups excluding carboxylic acids is 2. The van der Waals surface area contributed by atoms with Crippen LogP contribution in [0.2, 0.25) is 0 Å². The van der Waals surface area contributed by atoms with Gasteiger partial charge in [0.1, 0.15) is 0 Å². The Morgan fingerprint density at radius 1 is 1.16 bits per heavy atom. The Kier molecular flexibility index (Phi) is 12.1. The number of ether oxygens (including phenoxy) is 3. The van der Waals surface area contributed by atoms with Gasteiger partial charge in [-0.3, -0.25) is 9.59 Å². The summed E-state index contributed by atoms with van der Waals surface area (Å²) in [6, 6.07) is 0. The van der Waals surface area contributed by atoms with Crippen molar-refractivity contribution in [3.05, 3.63) is 0 Å². The molecule has 0 radical (unpaired) electrons. The van der Waals surface area contributed by atoms with Crippen LogP contribution in [0.25, 0.3) is 0 Å². The minimum absolute atomic E-state index is 0.124. The van der Waals surface area contributed by atoms with Crippen LogP contribution in [0.5, 0.6) is 0 Å². The van der Waals surface area contributed by atoms with Gasteiger partial charge in [0.2, 0.25) is 12.1 Å². The first-order chi connectivity index (χ1) is 9.24. The summed E-state index contributed by atoms with van der Waals surface area (Å²) in [6.07, 6.45) is 2.12. The van der Waals surface area contributed by atoms with Crippen LogP contribution >= 0.6 is 0 Å². The standard InChI is InChI=1S/C14H22O5/c1-3-18-14(19-4-2)10-9-13(16)8-6-5-7-11-17-12-15/h12,14H,3-8,11H2,1-2H3. The van der Waals surface area contributed by atoms with Gasteiger partial charge in [-0.15, -0.1) is 0 Å². The van der Waals surface area contributed by atoms with E-state index in [4.69, 9.17) is 9.47 Å². The Morgan fingerprint density at radius 3 is 2.42 bits per heavy atom. The van der Waals surface area contributed by atoms with Crippen molar-refractivity contribution in [1.82, 2.24) is 0 Å². The van der Waals surface area contributed by atoms with Crippen LogP contribution < -0.4 is 0 Å². The van der Waals surface area contributed by atoms with Crippen LogP contribution in [0.4, 0.5) is 0 Å². The van der Waals surface area contributed by atoms with E-state index in [-0.39, 0.29) is 5.78 Å². The summed E-state index contributed by atoms with van der Waals surface area (Å²) in [5.74, 6) is 5.07. The molecule has 0 N–H and O–H groups in total. The van der Waals surface area contributed by atoms with Gasteiger partial charge >= 0.3 is 0 Å². The van der Waals surface area contributed by atoms with Crippen molar-refractivity contribution in [3.63, 3.8) is 0 Å². The monoisotopic (exact) mass is 270 g/mol. The molecule has 0 aliphatic rings. The van der Waals surface area contributed by atoms with E-state index in [9.17, 15) is 9.59 Å². The van der Waals surface area contributed by atoms with E-state index in [1.807, 2.05) is 13.8 Å². The average molecular weight is 270 g/mol. The van der Waals surface area contributed by atoms with Gasteiger partial charge in [0.25, 0.3) is 6.47 Å². The molecule has 0 bridgehead atoms. The topological polar surface area (TPSA) is 61.8 Å².